The second-order valence-corrected chi connectivity index (χ2v) is 3.83. The topological polar surface area (TPSA) is 21.7 Å². The second kappa shape index (κ2) is 12.0. The van der Waals surface area contributed by atoms with Gasteiger partial charge in [0.25, 0.3) is 0 Å². The highest BCUT2D eigenvalue weighted by Crippen LogP contribution is 1.93. The molecule has 0 aliphatic heterocycles. The van der Waals surface area contributed by atoms with Crippen LogP contribution in [0.4, 0.5) is 0 Å². The van der Waals surface area contributed by atoms with Crippen molar-refractivity contribution in [2.75, 3.05) is 46.6 Å². The van der Waals surface area contributed by atoms with Crippen LogP contribution in [0.1, 0.15) is 33.1 Å². The molecule has 0 atom stereocenters. The lowest BCUT2D eigenvalue weighted by atomic mass is 10.3. The zero-order chi connectivity index (χ0) is 11.4. The summed E-state index contributed by atoms with van der Waals surface area (Å²) in [6.45, 7) is 9.59. The van der Waals surface area contributed by atoms with Crippen LogP contribution in [0.3, 0.4) is 0 Å². The number of likely N-dealkylation sites (N-methyl/N-ethyl adjacent to an activating group) is 1. The summed E-state index contributed by atoms with van der Waals surface area (Å²) < 4.78 is 10.9. The lowest BCUT2D eigenvalue weighted by Crippen LogP contribution is -2.23. The maximum absolute atomic E-state index is 5.45. The Hall–Kier alpha value is -0.120. The predicted molar refractivity (Wildman–Crippen MR) is 64.3 cm³/mol. The van der Waals surface area contributed by atoms with Gasteiger partial charge in [0.1, 0.15) is 0 Å². The summed E-state index contributed by atoms with van der Waals surface area (Å²) in [7, 11) is 2.10. The average molecular weight is 217 g/mol. The van der Waals surface area contributed by atoms with Crippen molar-refractivity contribution in [1.29, 1.82) is 0 Å². The molecule has 0 aliphatic carbocycles. The molecule has 92 valence electrons. The zero-order valence-electron chi connectivity index (χ0n) is 10.6. The van der Waals surface area contributed by atoms with Crippen LogP contribution in [-0.2, 0) is 9.47 Å². The first-order valence-electron chi connectivity index (χ1n) is 6.15. The Morgan fingerprint density at radius 3 is 2.13 bits per heavy atom. The van der Waals surface area contributed by atoms with Crippen LogP contribution in [0.2, 0.25) is 0 Å². The molecule has 0 aromatic rings. The fourth-order valence-electron chi connectivity index (χ4n) is 1.15. The summed E-state index contributed by atoms with van der Waals surface area (Å²) in [5.41, 5.74) is 0. The standard InChI is InChI=1S/C12H27NO2/c1-4-6-7-9-14-11-12-15-10-8-13(3)5-2/h4-12H2,1-3H3. The summed E-state index contributed by atoms with van der Waals surface area (Å²) in [6.07, 6.45) is 3.69. The molecule has 0 aliphatic rings. The molecule has 15 heavy (non-hydrogen) atoms. The minimum atomic E-state index is 0.726. The minimum absolute atomic E-state index is 0.726. The van der Waals surface area contributed by atoms with E-state index in [0.717, 1.165) is 39.5 Å². The Balaban J connectivity index is 2.92. The predicted octanol–water partition coefficient (Wildman–Crippen LogP) is 2.16. The van der Waals surface area contributed by atoms with Gasteiger partial charge in [-0.3, -0.25) is 0 Å². The van der Waals surface area contributed by atoms with Gasteiger partial charge in [-0.05, 0) is 20.0 Å². The van der Waals surface area contributed by atoms with Gasteiger partial charge in [0.2, 0.25) is 0 Å². The Labute approximate surface area is 94.7 Å². The van der Waals surface area contributed by atoms with Crippen molar-refractivity contribution in [3.8, 4) is 0 Å². The molecule has 0 radical (unpaired) electrons. The molecule has 0 saturated heterocycles. The Bertz CT molecular complexity index is 120. The molecule has 0 spiro atoms. The van der Waals surface area contributed by atoms with Gasteiger partial charge >= 0.3 is 0 Å². The van der Waals surface area contributed by atoms with E-state index in [1.165, 1.54) is 19.3 Å². The Morgan fingerprint density at radius 2 is 1.53 bits per heavy atom. The van der Waals surface area contributed by atoms with Crippen LogP contribution < -0.4 is 0 Å². The molecule has 3 heteroatoms. The van der Waals surface area contributed by atoms with Gasteiger partial charge in [-0.15, -0.1) is 0 Å². The van der Waals surface area contributed by atoms with E-state index in [9.17, 15) is 0 Å². The maximum atomic E-state index is 5.45. The van der Waals surface area contributed by atoms with Gasteiger partial charge < -0.3 is 14.4 Å². The highest BCUT2D eigenvalue weighted by Gasteiger charge is 1.94. The highest BCUT2D eigenvalue weighted by atomic mass is 16.5. The number of ether oxygens (including phenoxy) is 2. The monoisotopic (exact) mass is 217 g/mol. The van der Waals surface area contributed by atoms with Gasteiger partial charge in [0, 0.05) is 13.2 Å². The maximum Gasteiger partial charge on any atom is 0.0701 e. The van der Waals surface area contributed by atoms with Crippen molar-refractivity contribution in [3.63, 3.8) is 0 Å². The lowest BCUT2D eigenvalue weighted by molar-refractivity contribution is 0.0401. The van der Waals surface area contributed by atoms with E-state index in [0.29, 0.717) is 0 Å². The lowest BCUT2D eigenvalue weighted by Gasteiger charge is -2.13. The van der Waals surface area contributed by atoms with E-state index in [4.69, 9.17) is 9.47 Å². The van der Waals surface area contributed by atoms with Crippen molar-refractivity contribution >= 4 is 0 Å². The quantitative estimate of drug-likeness (QED) is 0.495. The van der Waals surface area contributed by atoms with Crippen molar-refractivity contribution < 1.29 is 9.47 Å². The summed E-state index contributed by atoms with van der Waals surface area (Å²) in [5.74, 6) is 0. The minimum Gasteiger partial charge on any atom is -0.379 e. The molecular formula is C12H27NO2. The van der Waals surface area contributed by atoms with Gasteiger partial charge in [0.15, 0.2) is 0 Å². The SMILES string of the molecule is CCCCCOCCOCCN(C)CC. The summed E-state index contributed by atoms with van der Waals surface area (Å²) >= 11 is 0. The largest absolute Gasteiger partial charge is 0.379 e. The van der Waals surface area contributed by atoms with E-state index in [1.807, 2.05) is 0 Å². The first-order chi connectivity index (χ1) is 7.31. The molecule has 0 aromatic heterocycles. The van der Waals surface area contributed by atoms with Crippen LogP contribution in [0.25, 0.3) is 0 Å². The van der Waals surface area contributed by atoms with E-state index in [2.05, 4.69) is 25.8 Å². The molecule has 0 aromatic carbocycles. The molecular weight excluding hydrogens is 190 g/mol. The fraction of sp³-hybridized carbons (Fsp3) is 1.00. The van der Waals surface area contributed by atoms with E-state index in [-0.39, 0.29) is 0 Å². The number of rotatable bonds is 11. The van der Waals surface area contributed by atoms with E-state index < -0.39 is 0 Å². The molecule has 0 amide bonds. The van der Waals surface area contributed by atoms with Crippen LogP contribution in [0.15, 0.2) is 0 Å². The van der Waals surface area contributed by atoms with Crippen LogP contribution in [0.5, 0.6) is 0 Å². The molecule has 0 unspecified atom stereocenters. The Morgan fingerprint density at radius 1 is 0.867 bits per heavy atom. The smallest absolute Gasteiger partial charge is 0.0701 e. The third kappa shape index (κ3) is 11.8. The number of hydrogen-bond donors (Lipinski definition) is 0. The van der Waals surface area contributed by atoms with Crippen LogP contribution in [-0.4, -0.2) is 51.5 Å². The van der Waals surface area contributed by atoms with Gasteiger partial charge in [0.05, 0.1) is 19.8 Å². The molecule has 0 heterocycles. The normalized spacial score (nSPS) is 11.2. The van der Waals surface area contributed by atoms with Crippen molar-refractivity contribution in [3.05, 3.63) is 0 Å². The Kier molecular flexibility index (Phi) is 11.9. The number of hydrogen-bond acceptors (Lipinski definition) is 3. The van der Waals surface area contributed by atoms with E-state index >= 15 is 0 Å². The van der Waals surface area contributed by atoms with Gasteiger partial charge in [-0.2, -0.15) is 0 Å². The molecule has 0 saturated carbocycles. The van der Waals surface area contributed by atoms with Gasteiger partial charge in [-0.1, -0.05) is 26.7 Å². The molecule has 0 fully saturated rings. The summed E-state index contributed by atoms with van der Waals surface area (Å²) in [6, 6.07) is 0. The fourth-order valence-corrected chi connectivity index (χ4v) is 1.15. The van der Waals surface area contributed by atoms with Crippen molar-refractivity contribution in [2.24, 2.45) is 0 Å². The number of unbranched alkanes of at least 4 members (excludes halogenated alkanes) is 2. The molecule has 0 N–H and O–H groups in total. The molecule has 0 bridgehead atoms. The first kappa shape index (κ1) is 14.9. The van der Waals surface area contributed by atoms with Crippen LogP contribution >= 0.6 is 0 Å². The summed E-state index contributed by atoms with van der Waals surface area (Å²) in [5, 5.41) is 0. The first-order valence-corrected chi connectivity index (χ1v) is 6.15. The average Bonchev–Trinajstić information content (AvgIpc) is 2.26. The molecule has 0 rings (SSSR count). The number of nitrogens with zero attached hydrogens (tertiary/aromatic N) is 1. The van der Waals surface area contributed by atoms with Crippen molar-refractivity contribution in [2.45, 2.75) is 33.1 Å². The zero-order valence-corrected chi connectivity index (χ0v) is 10.6. The third-order valence-electron chi connectivity index (χ3n) is 2.42. The second-order valence-electron chi connectivity index (χ2n) is 3.83. The van der Waals surface area contributed by atoms with Gasteiger partial charge in [-0.25, -0.2) is 0 Å². The van der Waals surface area contributed by atoms with E-state index in [1.54, 1.807) is 0 Å². The third-order valence-corrected chi connectivity index (χ3v) is 2.42. The summed E-state index contributed by atoms with van der Waals surface area (Å²) in [4.78, 5) is 2.24. The molecule has 3 nitrogen and oxygen atoms in total. The highest BCUT2D eigenvalue weighted by molar-refractivity contribution is 4.45. The van der Waals surface area contributed by atoms with Crippen LogP contribution in [0, 0.1) is 0 Å². The van der Waals surface area contributed by atoms with Crippen molar-refractivity contribution in [1.82, 2.24) is 4.90 Å².